The van der Waals surface area contributed by atoms with Crippen LogP contribution < -0.4 is 10.4 Å². The number of amides is 2. The summed E-state index contributed by atoms with van der Waals surface area (Å²) >= 11 is 0. The molecule has 0 bridgehead atoms. The van der Waals surface area contributed by atoms with Crippen LogP contribution >= 0.6 is 0 Å². The van der Waals surface area contributed by atoms with Gasteiger partial charge in [0.15, 0.2) is 0 Å². The molecule has 40 heavy (non-hydrogen) atoms. The Hall–Kier alpha value is -3.24. The van der Waals surface area contributed by atoms with E-state index in [1.54, 1.807) is 24.3 Å². The zero-order valence-corrected chi connectivity index (χ0v) is 23.0. The second-order valence-electron chi connectivity index (χ2n) is 10.7. The molecule has 2 aliphatic rings. The number of rotatable bonds is 11. The van der Waals surface area contributed by atoms with E-state index in [1.165, 1.54) is 12.1 Å². The summed E-state index contributed by atoms with van der Waals surface area (Å²) in [6, 6.07) is 13.1. The number of phenolic OH excluding ortho intramolecular Hbond substituents is 1. The maximum atomic E-state index is 13.7. The van der Waals surface area contributed by atoms with E-state index in [2.05, 4.69) is 6.92 Å². The number of benzene rings is 2. The zero-order valence-electron chi connectivity index (χ0n) is 23.0. The molecule has 9 heteroatoms. The number of para-hydroxylation sites is 1. The normalized spacial score (nSPS) is 22.1. The number of allylic oxidation sites excluding steroid dienone is 2. The number of carbonyl (C=O) groups excluding carboxylic acids is 2. The van der Waals surface area contributed by atoms with Crippen LogP contribution in [0.1, 0.15) is 57.9 Å². The third-order valence-electron chi connectivity index (χ3n) is 8.20. The lowest BCUT2D eigenvalue weighted by molar-refractivity contribution is -0.123. The van der Waals surface area contributed by atoms with Crippen LogP contribution in [0, 0.1) is 17.8 Å². The van der Waals surface area contributed by atoms with Crippen molar-refractivity contribution in [2.24, 2.45) is 17.8 Å². The maximum Gasteiger partial charge on any atom is 0.488 e. The fraction of sp³-hybridized carbons (Fsp3) is 0.419. The van der Waals surface area contributed by atoms with Crippen molar-refractivity contribution in [2.75, 3.05) is 11.5 Å². The molecule has 1 heterocycles. The van der Waals surface area contributed by atoms with E-state index >= 15 is 0 Å². The summed E-state index contributed by atoms with van der Waals surface area (Å²) in [6.45, 7) is 3.64. The number of nitrogens with zero attached hydrogens (tertiary/aromatic N) is 1. The van der Waals surface area contributed by atoms with Crippen molar-refractivity contribution in [2.45, 2.75) is 58.5 Å². The number of aromatic hydroxyl groups is 1. The van der Waals surface area contributed by atoms with Crippen molar-refractivity contribution in [1.82, 2.24) is 0 Å². The summed E-state index contributed by atoms with van der Waals surface area (Å²) < 4.78 is 0. The van der Waals surface area contributed by atoms with Crippen molar-refractivity contribution in [3.63, 3.8) is 0 Å². The number of phenols is 1. The van der Waals surface area contributed by atoms with Crippen LogP contribution in [0.25, 0.3) is 6.08 Å². The SMILES string of the molecule is CCC/C(=C\c1ccccc1O)CC[C@@H](O)C1=C(CC)C[C@H]2C(=O)N(c3cccc(B(O)O)c3)C(=O)[C@H]2[C@H]1CO. The number of imide groups is 1. The number of aliphatic hydroxyl groups is 2. The average molecular weight is 547 g/mol. The van der Waals surface area contributed by atoms with Gasteiger partial charge in [0.25, 0.3) is 0 Å². The largest absolute Gasteiger partial charge is 0.507 e. The molecule has 1 saturated heterocycles. The molecule has 8 nitrogen and oxygen atoms in total. The van der Waals surface area contributed by atoms with Crippen molar-refractivity contribution < 1.29 is 35.0 Å². The van der Waals surface area contributed by atoms with E-state index in [-0.39, 0.29) is 29.4 Å². The van der Waals surface area contributed by atoms with Crippen LogP contribution in [0.3, 0.4) is 0 Å². The molecule has 2 amide bonds. The van der Waals surface area contributed by atoms with Gasteiger partial charge >= 0.3 is 7.12 Å². The van der Waals surface area contributed by atoms with E-state index < -0.39 is 36.9 Å². The van der Waals surface area contributed by atoms with Gasteiger partial charge in [-0.3, -0.25) is 14.5 Å². The Bertz CT molecular complexity index is 1300. The predicted octanol–water partition coefficient (Wildman–Crippen LogP) is 2.92. The summed E-state index contributed by atoms with van der Waals surface area (Å²) in [5.41, 5.74) is 3.75. The fourth-order valence-corrected chi connectivity index (χ4v) is 6.27. The Kier molecular flexibility index (Phi) is 9.63. The Morgan fingerprint density at radius 2 is 1.82 bits per heavy atom. The zero-order chi connectivity index (χ0) is 29.0. The lowest BCUT2D eigenvalue weighted by Crippen LogP contribution is -2.39. The van der Waals surface area contributed by atoms with Crippen molar-refractivity contribution in [3.05, 3.63) is 70.8 Å². The molecule has 2 aromatic carbocycles. The Morgan fingerprint density at radius 3 is 2.48 bits per heavy atom. The van der Waals surface area contributed by atoms with Crippen LogP contribution in [0.15, 0.2) is 65.3 Å². The van der Waals surface area contributed by atoms with Crippen molar-refractivity contribution >= 4 is 36.2 Å². The number of aliphatic hydroxyl groups excluding tert-OH is 2. The molecule has 4 rings (SSSR count). The maximum absolute atomic E-state index is 13.7. The Morgan fingerprint density at radius 1 is 1.07 bits per heavy atom. The number of hydrogen-bond acceptors (Lipinski definition) is 7. The third-order valence-corrected chi connectivity index (χ3v) is 8.20. The first-order valence-corrected chi connectivity index (χ1v) is 14.0. The van der Waals surface area contributed by atoms with Crippen LogP contribution in [-0.2, 0) is 9.59 Å². The molecule has 0 aromatic heterocycles. The second kappa shape index (κ2) is 13.0. The van der Waals surface area contributed by atoms with Crippen molar-refractivity contribution in [3.8, 4) is 5.75 Å². The summed E-state index contributed by atoms with van der Waals surface area (Å²) in [6.07, 6.45) is 4.62. The van der Waals surface area contributed by atoms with E-state index in [1.807, 2.05) is 25.1 Å². The molecular weight excluding hydrogens is 509 g/mol. The van der Waals surface area contributed by atoms with Gasteiger partial charge in [-0.1, -0.05) is 67.8 Å². The van der Waals surface area contributed by atoms with Gasteiger partial charge in [-0.25, -0.2) is 0 Å². The monoisotopic (exact) mass is 547 g/mol. The highest BCUT2D eigenvalue weighted by Crippen LogP contribution is 2.48. The number of anilines is 1. The van der Waals surface area contributed by atoms with Crippen LogP contribution in [0.4, 0.5) is 5.69 Å². The molecule has 1 aliphatic carbocycles. The van der Waals surface area contributed by atoms with Gasteiger partial charge < -0.3 is 25.4 Å². The summed E-state index contributed by atoms with van der Waals surface area (Å²) in [5, 5.41) is 51.3. The number of fused-ring (bicyclic) bond motifs is 1. The molecule has 212 valence electrons. The average Bonchev–Trinajstić information content (AvgIpc) is 3.20. The molecule has 2 aromatic rings. The molecule has 5 N–H and O–H groups in total. The first-order valence-electron chi connectivity index (χ1n) is 14.0. The highest BCUT2D eigenvalue weighted by Gasteiger charge is 2.55. The van der Waals surface area contributed by atoms with Gasteiger partial charge in [-0.2, -0.15) is 0 Å². The van der Waals surface area contributed by atoms with E-state index in [9.17, 15) is 35.0 Å². The fourth-order valence-electron chi connectivity index (χ4n) is 6.27. The lowest BCUT2D eigenvalue weighted by Gasteiger charge is -2.36. The first kappa shape index (κ1) is 29.7. The predicted molar refractivity (Wildman–Crippen MR) is 154 cm³/mol. The van der Waals surface area contributed by atoms with E-state index in [4.69, 9.17) is 0 Å². The van der Waals surface area contributed by atoms with Crippen LogP contribution in [0.5, 0.6) is 5.75 Å². The van der Waals surface area contributed by atoms with Gasteiger partial charge in [-0.15, -0.1) is 0 Å². The number of carbonyl (C=O) groups is 2. The van der Waals surface area contributed by atoms with Crippen molar-refractivity contribution in [1.29, 1.82) is 0 Å². The highest BCUT2D eigenvalue weighted by molar-refractivity contribution is 6.58. The molecule has 0 unspecified atom stereocenters. The second-order valence-corrected chi connectivity index (χ2v) is 10.7. The molecule has 0 spiro atoms. The van der Waals surface area contributed by atoms with Gasteiger partial charge in [0.1, 0.15) is 5.75 Å². The summed E-state index contributed by atoms with van der Waals surface area (Å²) in [5.74, 6) is -2.81. The molecule has 0 radical (unpaired) electrons. The van der Waals surface area contributed by atoms with Gasteiger partial charge in [0.05, 0.1) is 30.2 Å². The molecule has 1 aliphatic heterocycles. The lowest BCUT2D eigenvalue weighted by atomic mass is 9.67. The number of hydrogen-bond donors (Lipinski definition) is 5. The molecular formula is C31H38BNO7. The molecule has 4 atom stereocenters. The van der Waals surface area contributed by atoms with Crippen LogP contribution in [0.2, 0.25) is 0 Å². The minimum Gasteiger partial charge on any atom is -0.507 e. The van der Waals surface area contributed by atoms with Crippen LogP contribution in [-0.4, -0.2) is 57.0 Å². The van der Waals surface area contributed by atoms with Gasteiger partial charge in [0.2, 0.25) is 11.8 Å². The topological polar surface area (TPSA) is 139 Å². The standard InChI is InChI=1S/C31H38BNO7/c1-3-8-19(15-21-9-5-6-12-26(21)35)13-14-27(36)28-20(4-2)16-24-29(25(28)18-34)31(38)33(30(24)37)23-11-7-10-22(17-23)32(39)40/h5-7,9-12,15,17,24-25,27,29,34-36,39-40H,3-4,8,13-14,16,18H2,1-2H3/b19-15+/t24-,25+,27-,29-/m1/s1. The first-order chi connectivity index (χ1) is 19.2. The highest BCUT2D eigenvalue weighted by atomic mass is 16.4. The van der Waals surface area contributed by atoms with Gasteiger partial charge in [-0.05, 0) is 61.3 Å². The summed E-state index contributed by atoms with van der Waals surface area (Å²) in [7, 11) is -1.74. The van der Waals surface area contributed by atoms with Gasteiger partial charge in [0, 0.05) is 11.5 Å². The Labute approximate surface area is 235 Å². The van der Waals surface area contributed by atoms with E-state index in [0.29, 0.717) is 31.3 Å². The third kappa shape index (κ3) is 5.93. The summed E-state index contributed by atoms with van der Waals surface area (Å²) in [4.78, 5) is 28.3. The minimum atomic E-state index is -1.74. The molecule has 1 fully saturated rings. The molecule has 0 saturated carbocycles. The minimum absolute atomic E-state index is 0.162. The Balaban J connectivity index is 1.60. The smallest absolute Gasteiger partial charge is 0.488 e. The quantitative estimate of drug-likeness (QED) is 0.166. The van der Waals surface area contributed by atoms with E-state index in [0.717, 1.165) is 34.5 Å².